The Bertz CT molecular complexity index is 569. The quantitative estimate of drug-likeness (QED) is 0.922. The molecule has 1 aromatic carbocycles. The first-order valence-electron chi connectivity index (χ1n) is 5.94. The van der Waals surface area contributed by atoms with Crippen LogP contribution in [0.3, 0.4) is 0 Å². The number of hydrogen-bond donors (Lipinski definition) is 1. The van der Waals surface area contributed by atoms with E-state index in [0.717, 1.165) is 35.3 Å². The molecule has 0 spiro atoms. The molecule has 96 valence electrons. The second-order valence-electron chi connectivity index (χ2n) is 4.25. The van der Waals surface area contributed by atoms with Crippen molar-refractivity contribution in [2.75, 3.05) is 20.7 Å². The molecule has 0 aliphatic carbocycles. The van der Waals surface area contributed by atoms with Gasteiger partial charge in [-0.15, -0.1) is 0 Å². The van der Waals surface area contributed by atoms with Gasteiger partial charge in [-0.1, -0.05) is 11.6 Å². The van der Waals surface area contributed by atoms with Gasteiger partial charge in [-0.05, 0) is 37.7 Å². The molecule has 0 radical (unpaired) electrons. The van der Waals surface area contributed by atoms with E-state index in [9.17, 15) is 0 Å². The first kappa shape index (κ1) is 13.1. The zero-order valence-corrected chi connectivity index (χ0v) is 11.6. The summed E-state index contributed by atoms with van der Waals surface area (Å²) in [7, 11) is 3.60. The second-order valence-corrected chi connectivity index (χ2v) is 4.66. The lowest BCUT2D eigenvalue weighted by Gasteiger charge is -2.11. The lowest BCUT2D eigenvalue weighted by Crippen LogP contribution is -2.12. The van der Waals surface area contributed by atoms with E-state index >= 15 is 0 Å². The van der Waals surface area contributed by atoms with Gasteiger partial charge in [0, 0.05) is 24.0 Å². The lowest BCUT2D eigenvalue weighted by molar-refractivity contribution is 0.419. The zero-order valence-electron chi connectivity index (χ0n) is 10.9. The monoisotopic (exact) mass is 264 g/mol. The molecular weight excluding hydrogens is 248 g/mol. The molecule has 2 aromatic rings. The average molecular weight is 265 g/mol. The van der Waals surface area contributed by atoms with Gasteiger partial charge in [-0.2, -0.15) is 0 Å². The molecule has 0 aliphatic heterocycles. The first-order valence-corrected chi connectivity index (χ1v) is 6.32. The number of hydrogen-bond acceptors (Lipinski definition) is 3. The molecule has 1 aromatic heterocycles. The summed E-state index contributed by atoms with van der Waals surface area (Å²) in [5.74, 6) is 0.810. The molecule has 0 saturated carbocycles. The van der Waals surface area contributed by atoms with Crippen LogP contribution in [0.1, 0.15) is 11.3 Å². The van der Waals surface area contributed by atoms with Crippen LogP contribution >= 0.6 is 11.6 Å². The number of pyridine rings is 1. The minimum absolute atomic E-state index is 0.663. The molecule has 1 N–H and O–H groups in total. The fourth-order valence-electron chi connectivity index (χ4n) is 2.01. The Morgan fingerprint density at radius 1 is 1.39 bits per heavy atom. The van der Waals surface area contributed by atoms with Crippen LogP contribution in [0, 0.1) is 6.92 Å². The van der Waals surface area contributed by atoms with E-state index < -0.39 is 0 Å². The molecule has 0 atom stereocenters. The summed E-state index contributed by atoms with van der Waals surface area (Å²) >= 11 is 6.21. The molecule has 1 heterocycles. The number of aromatic nitrogens is 1. The minimum Gasteiger partial charge on any atom is -0.496 e. The predicted octanol–water partition coefficient (Wildman–Crippen LogP) is 2.97. The average Bonchev–Trinajstić information content (AvgIpc) is 2.37. The fraction of sp³-hybridized carbons (Fsp3) is 0.357. The molecule has 0 amide bonds. The highest BCUT2D eigenvalue weighted by atomic mass is 35.5. The predicted molar refractivity (Wildman–Crippen MR) is 75.7 cm³/mol. The SMILES string of the molecule is CNCCc1nc2c(Cl)ccc(OC)c2cc1C. The van der Waals surface area contributed by atoms with Gasteiger partial charge in [0.05, 0.1) is 17.6 Å². The molecule has 0 aliphatic rings. The van der Waals surface area contributed by atoms with Crippen molar-refractivity contribution in [3.8, 4) is 5.75 Å². The van der Waals surface area contributed by atoms with Gasteiger partial charge in [0.25, 0.3) is 0 Å². The maximum Gasteiger partial charge on any atom is 0.128 e. The summed E-state index contributed by atoms with van der Waals surface area (Å²) < 4.78 is 5.35. The van der Waals surface area contributed by atoms with Gasteiger partial charge in [-0.25, -0.2) is 0 Å². The van der Waals surface area contributed by atoms with E-state index in [2.05, 4.69) is 23.3 Å². The smallest absolute Gasteiger partial charge is 0.128 e. The zero-order chi connectivity index (χ0) is 13.1. The van der Waals surface area contributed by atoms with Crippen LogP contribution < -0.4 is 10.1 Å². The molecule has 2 rings (SSSR count). The summed E-state index contributed by atoms with van der Waals surface area (Å²) in [4.78, 5) is 4.67. The number of rotatable bonds is 4. The van der Waals surface area contributed by atoms with Crippen molar-refractivity contribution >= 4 is 22.5 Å². The summed E-state index contributed by atoms with van der Waals surface area (Å²) in [6.07, 6.45) is 0.895. The molecule has 0 saturated heterocycles. The molecule has 3 nitrogen and oxygen atoms in total. The molecule has 0 fully saturated rings. The van der Waals surface area contributed by atoms with Gasteiger partial charge >= 0.3 is 0 Å². The summed E-state index contributed by atoms with van der Waals surface area (Å²) in [6.45, 7) is 2.97. The highest BCUT2D eigenvalue weighted by Crippen LogP contribution is 2.31. The van der Waals surface area contributed by atoms with Gasteiger partial charge in [-0.3, -0.25) is 4.98 Å². The number of methoxy groups -OCH3 is 1. The third-order valence-corrected chi connectivity index (χ3v) is 3.33. The van der Waals surface area contributed by atoms with Crippen molar-refractivity contribution in [2.45, 2.75) is 13.3 Å². The van der Waals surface area contributed by atoms with E-state index in [1.165, 1.54) is 5.56 Å². The fourth-order valence-corrected chi connectivity index (χ4v) is 2.22. The van der Waals surface area contributed by atoms with Crippen LogP contribution in [-0.4, -0.2) is 25.7 Å². The Labute approximate surface area is 112 Å². The molecule has 18 heavy (non-hydrogen) atoms. The highest BCUT2D eigenvalue weighted by Gasteiger charge is 2.10. The van der Waals surface area contributed by atoms with Crippen LogP contribution in [0.4, 0.5) is 0 Å². The molecule has 0 unspecified atom stereocenters. The van der Waals surface area contributed by atoms with Crippen molar-refractivity contribution in [3.05, 3.63) is 34.5 Å². The first-order chi connectivity index (χ1) is 8.67. The topological polar surface area (TPSA) is 34.2 Å². The van der Waals surface area contributed by atoms with Gasteiger partial charge in [0.1, 0.15) is 5.75 Å². The van der Waals surface area contributed by atoms with Crippen molar-refractivity contribution in [1.29, 1.82) is 0 Å². The number of fused-ring (bicyclic) bond motifs is 1. The van der Waals surface area contributed by atoms with Crippen LogP contribution in [-0.2, 0) is 6.42 Å². The third kappa shape index (κ3) is 2.42. The number of nitrogens with one attached hydrogen (secondary N) is 1. The van der Waals surface area contributed by atoms with E-state index in [1.54, 1.807) is 7.11 Å². The van der Waals surface area contributed by atoms with Crippen LogP contribution in [0.15, 0.2) is 18.2 Å². The van der Waals surface area contributed by atoms with E-state index in [4.69, 9.17) is 16.3 Å². The van der Waals surface area contributed by atoms with E-state index in [0.29, 0.717) is 5.02 Å². The van der Waals surface area contributed by atoms with Crippen molar-refractivity contribution in [3.63, 3.8) is 0 Å². The number of aryl methyl sites for hydroxylation is 1. The Hall–Kier alpha value is -1.32. The Morgan fingerprint density at radius 3 is 2.83 bits per heavy atom. The van der Waals surface area contributed by atoms with Crippen molar-refractivity contribution in [2.24, 2.45) is 0 Å². The summed E-state index contributed by atoms with van der Waals surface area (Å²) in [5.41, 5.74) is 3.05. The molecule has 0 bridgehead atoms. The molecule has 4 heteroatoms. The van der Waals surface area contributed by atoms with Crippen molar-refractivity contribution < 1.29 is 4.74 Å². The van der Waals surface area contributed by atoms with Gasteiger partial charge in [0.2, 0.25) is 0 Å². The third-order valence-electron chi connectivity index (χ3n) is 3.02. The second kappa shape index (κ2) is 5.55. The summed E-state index contributed by atoms with van der Waals surface area (Å²) in [5, 5.41) is 4.76. The molecular formula is C14H17ClN2O. The normalized spacial score (nSPS) is 10.9. The Morgan fingerprint density at radius 2 is 2.17 bits per heavy atom. The Kier molecular flexibility index (Phi) is 4.04. The van der Waals surface area contributed by atoms with Crippen LogP contribution in [0.5, 0.6) is 5.75 Å². The van der Waals surface area contributed by atoms with Gasteiger partial charge in [0.15, 0.2) is 0 Å². The lowest BCUT2D eigenvalue weighted by atomic mass is 10.1. The highest BCUT2D eigenvalue weighted by molar-refractivity contribution is 6.35. The minimum atomic E-state index is 0.663. The Balaban J connectivity index is 2.59. The van der Waals surface area contributed by atoms with Crippen LogP contribution in [0.25, 0.3) is 10.9 Å². The summed E-state index contributed by atoms with van der Waals surface area (Å²) in [6, 6.07) is 5.80. The van der Waals surface area contributed by atoms with E-state index in [1.807, 2.05) is 19.2 Å². The largest absolute Gasteiger partial charge is 0.496 e. The number of halogens is 1. The van der Waals surface area contributed by atoms with Crippen molar-refractivity contribution in [1.82, 2.24) is 10.3 Å². The number of benzene rings is 1. The maximum absolute atomic E-state index is 6.21. The van der Waals surface area contributed by atoms with Crippen LogP contribution in [0.2, 0.25) is 5.02 Å². The number of likely N-dealkylation sites (N-methyl/N-ethyl adjacent to an activating group) is 1. The van der Waals surface area contributed by atoms with Gasteiger partial charge < -0.3 is 10.1 Å². The number of ether oxygens (including phenoxy) is 1. The number of nitrogens with zero attached hydrogens (tertiary/aromatic N) is 1. The standard InChI is InChI=1S/C14H17ClN2O/c1-9-8-10-13(18-3)5-4-11(15)14(10)17-12(9)6-7-16-2/h4-5,8,16H,6-7H2,1-3H3. The van der Waals surface area contributed by atoms with E-state index in [-0.39, 0.29) is 0 Å². The maximum atomic E-state index is 6.21.